The molecule has 1 heterocycles. The Kier molecular flexibility index (Phi) is 3.67. The van der Waals surface area contributed by atoms with Crippen LogP contribution in [0.4, 0.5) is 8.78 Å². The third kappa shape index (κ3) is 2.26. The molecule has 5 heteroatoms. The van der Waals surface area contributed by atoms with E-state index in [1.807, 2.05) is 6.92 Å². The maximum atomic E-state index is 12.2. The summed E-state index contributed by atoms with van der Waals surface area (Å²) in [7, 11) is 0. The Hall–Kier alpha value is 0.520. The third-order valence-corrected chi connectivity index (χ3v) is 4.78. The molecule has 0 radical (unpaired) electrons. The monoisotopic (exact) mass is 318 g/mol. The van der Waals surface area contributed by atoms with E-state index in [0.29, 0.717) is 4.88 Å². The fourth-order valence-electron chi connectivity index (χ4n) is 0.742. The van der Waals surface area contributed by atoms with E-state index < -0.39 is 11.3 Å². The summed E-state index contributed by atoms with van der Waals surface area (Å²) in [6.45, 7) is 1.89. The van der Waals surface area contributed by atoms with Crippen molar-refractivity contribution < 1.29 is 8.78 Å². The van der Waals surface area contributed by atoms with Crippen molar-refractivity contribution in [2.75, 3.05) is 0 Å². The molecule has 0 spiro atoms. The summed E-state index contributed by atoms with van der Waals surface area (Å²) in [5.41, 5.74) is 0. The molecule has 0 bridgehead atoms. The van der Waals surface area contributed by atoms with Crippen LogP contribution in [0.3, 0.4) is 0 Å². The molecule has 0 N–H and O–H groups in total. The Bertz CT molecular complexity index is 253. The number of aryl methyl sites for hydroxylation is 1. The lowest BCUT2D eigenvalue weighted by molar-refractivity contribution is 0.148. The second-order valence-corrected chi connectivity index (χ2v) is 5.42. The van der Waals surface area contributed by atoms with Crippen LogP contribution >= 0.6 is 43.2 Å². The van der Waals surface area contributed by atoms with Crippen molar-refractivity contribution in [2.24, 2.45) is 0 Å². The summed E-state index contributed by atoms with van der Waals surface area (Å²) >= 11 is 7.59. The predicted octanol–water partition coefficient (Wildman–Crippen LogP) is 4.52. The average Bonchev–Trinajstić information content (AvgIpc) is 2.30. The van der Waals surface area contributed by atoms with Crippen LogP contribution in [0.1, 0.15) is 14.6 Å². The van der Waals surface area contributed by atoms with E-state index >= 15 is 0 Å². The Morgan fingerprint density at radius 2 is 2.08 bits per heavy atom. The first-order valence-corrected chi connectivity index (χ1v) is 5.73. The molecule has 12 heavy (non-hydrogen) atoms. The topological polar surface area (TPSA) is 0 Å². The van der Waals surface area contributed by atoms with Crippen molar-refractivity contribution in [2.45, 2.75) is 18.2 Å². The highest BCUT2D eigenvalue weighted by atomic mass is 79.9. The molecule has 1 unspecified atom stereocenters. The lowest BCUT2D eigenvalue weighted by atomic mass is 10.3. The van der Waals surface area contributed by atoms with Gasteiger partial charge in [0.1, 0.15) is 4.83 Å². The number of halogens is 4. The van der Waals surface area contributed by atoms with Crippen LogP contribution in [-0.4, -0.2) is 6.43 Å². The van der Waals surface area contributed by atoms with Gasteiger partial charge in [0.2, 0.25) is 0 Å². The second kappa shape index (κ2) is 4.15. The highest BCUT2D eigenvalue weighted by Crippen LogP contribution is 2.37. The van der Waals surface area contributed by atoms with Gasteiger partial charge in [-0.25, -0.2) is 8.78 Å². The molecule has 0 saturated heterocycles. The Labute approximate surface area is 90.2 Å². The van der Waals surface area contributed by atoms with Crippen LogP contribution in [0.5, 0.6) is 0 Å². The van der Waals surface area contributed by atoms with E-state index in [-0.39, 0.29) is 0 Å². The van der Waals surface area contributed by atoms with Gasteiger partial charge in [-0.05, 0) is 28.9 Å². The Morgan fingerprint density at radius 3 is 2.42 bits per heavy atom. The van der Waals surface area contributed by atoms with Gasteiger partial charge in [-0.2, -0.15) is 0 Å². The summed E-state index contributed by atoms with van der Waals surface area (Å²) in [6, 6.07) is 1.73. The normalized spacial score (nSPS) is 13.8. The van der Waals surface area contributed by atoms with Crippen molar-refractivity contribution in [3.8, 4) is 0 Å². The Morgan fingerprint density at radius 1 is 1.50 bits per heavy atom. The summed E-state index contributed by atoms with van der Waals surface area (Å²) in [5, 5.41) is 0. The molecule has 0 nitrogen and oxygen atoms in total. The van der Waals surface area contributed by atoms with Gasteiger partial charge in [0, 0.05) is 14.2 Å². The molecule has 0 aromatic carbocycles. The van der Waals surface area contributed by atoms with Crippen LogP contribution < -0.4 is 0 Å². The lowest BCUT2D eigenvalue weighted by Gasteiger charge is -2.03. The van der Waals surface area contributed by atoms with Crippen molar-refractivity contribution >= 4 is 43.2 Å². The number of thiophene rings is 1. The highest BCUT2D eigenvalue weighted by Gasteiger charge is 2.21. The van der Waals surface area contributed by atoms with Crippen LogP contribution in [0.25, 0.3) is 0 Å². The first-order chi connectivity index (χ1) is 5.52. The molecule has 0 saturated carbocycles. The molecular formula is C7H6Br2F2S. The second-order valence-electron chi connectivity index (χ2n) is 2.29. The van der Waals surface area contributed by atoms with Crippen LogP contribution in [-0.2, 0) is 0 Å². The molecule has 1 rings (SSSR count). The van der Waals surface area contributed by atoms with Crippen molar-refractivity contribution in [3.63, 3.8) is 0 Å². The predicted molar refractivity (Wildman–Crippen MR) is 54.4 cm³/mol. The molecule has 0 aliphatic heterocycles. The van der Waals surface area contributed by atoms with E-state index in [4.69, 9.17) is 0 Å². The zero-order valence-corrected chi connectivity index (χ0v) is 10.1. The van der Waals surface area contributed by atoms with Gasteiger partial charge >= 0.3 is 0 Å². The number of alkyl halides is 3. The highest BCUT2D eigenvalue weighted by molar-refractivity contribution is 9.10. The van der Waals surface area contributed by atoms with Crippen LogP contribution in [0.15, 0.2) is 10.5 Å². The van der Waals surface area contributed by atoms with E-state index in [2.05, 4.69) is 31.9 Å². The summed E-state index contributed by atoms with van der Waals surface area (Å²) < 4.78 is 25.3. The van der Waals surface area contributed by atoms with Gasteiger partial charge in [-0.15, -0.1) is 11.3 Å². The molecule has 68 valence electrons. The molecule has 0 amide bonds. The fourth-order valence-corrected chi connectivity index (χ4v) is 2.70. The van der Waals surface area contributed by atoms with Gasteiger partial charge in [0.25, 0.3) is 6.43 Å². The van der Waals surface area contributed by atoms with Gasteiger partial charge in [0.15, 0.2) is 0 Å². The average molecular weight is 320 g/mol. The van der Waals surface area contributed by atoms with E-state index in [1.165, 1.54) is 11.3 Å². The molecule has 0 aliphatic rings. The first kappa shape index (κ1) is 10.6. The zero-order valence-electron chi connectivity index (χ0n) is 6.15. The fraction of sp³-hybridized carbons (Fsp3) is 0.429. The maximum absolute atomic E-state index is 12.2. The van der Waals surface area contributed by atoms with Gasteiger partial charge in [0.05, 0.1) is 0 Å². The molecule has 1 aromatic heterocycles. The quantitative estimate of drug-likeness (QED) is 0.703. The maximum Gasteiger partial charge on any atom is 0.255 e. The zero-order chi connectivity index (χ0) is 9.30. The van der Waals surface area contributed by atoms with Crippen molar-refractivity contribution in [1.29, 1.82) is 0 Å². The van der Waals surface area contributed by atoms with E-state index in [9.17, 15) is 8.78 Å². The summed E-state index contributed by atoms with van der Waals surface area (Å²) in [5.74, 6) is 0. The minimum absolute atomic E-state index is 0.661. The minimum atomic E-state index is -2.35. The molecular weight excluding hydrogens is 314 g/mol. The number of hydrogen-bond donors (Lipinski definition) is 0. The van der Waals surface area contributed by atoms with Crippen molar-refractivity contribution in [3.05, 3.63) is 20.3 Å². The van der Waals surface area contributed by atoms with Gasteiger partial charge in [-0.3, -0.25) is 0 Å². The molecule has 1 aromatic rings. The van der Waals surface area contributed by atoms with E-state index in [0.717, 1.165) is 9.35 Å². The smallest absolute Gasteiger partial charge is 0.209 e. The first-order valence-electron chi connectivity index (χ1n) is 3.20. The van der Waals surface area contributed by atoms with Crippen LogP contribution in [0, 0.1) is 6.92 Å². The molecule has 1 atom stereocenters. The van der Waals surface area contributed by atoms with Gasteiger partial charge < -0.3 is 0 Å². The SMILES string of the molecule is Cc1sc(C(Br)C(F)F)cc1Br. The number of rotatable bonds is 2. The van der Waals surface area contributed by atoms with Crippen molar-refractivity contribution in [1.82, 2.24) is 0 Å². The Balaban J connectivity index is 2.89. The summed E-state index contributed by atoms with van der Waals surface area (Å²) in [6.07, 6.45) is -2.35. The standard InChI is InChI=1S/C7H6Br2F2S/c1-3-4(8)2-5(12-3)6(9)7(10)11/h2,6-7H,1H3. The van der Waals surface area contributed by atoms with Crippen LogP contribution in [0.2, 0.25) is 0 Å². The largest absolute Gasteiger partial charge is 0.255 e. The number of hydrogen-bond acceptors (Lipinski definition) is 1. The lowest BCUT2D eigenvalue weighted by Crippen LogP contribution is -1.98. The third-order valence-electron chi connectivity index (χ3n) is 1.37. The van der Waals surface area contributed by atoms with Gasteiger partial charge in [-0.1, -0.05) is 15.9 Å². The molecule has 0 aliphatic carbocycles. The van der Waals surface area contributed by atoms with E-state index in [1.54, 1.807) is 6.07 Å². The molecule has 0 fully saturated rings. The summed E-state index contributed by atoms with van der Waals surface area (Å²) in [4.78, 5) is 0.844. The minimum Gasteiger partial charge on any atom is -0.209 e.